The molecule has 0 fully saturated rings. The predicted octanol–water partition coefficient (Wildman–Crippen LogP) is 3.47. The zero-order valence-corrected chi connectivity index (χ0v) is 13.6. The van der Waals surface area contributed by atoms with E-state index in [9.17, 15) is 4.79 Å². The summed E-state index contributed by atoms with van der Waals surface area (Å²) < 4.78 is 2.20. The highest BCUT2D eigenvalue weighted by atomic mass is 16.1. The van der Waals surface area contributed by atoms with Crippen molar-refractivity contribution in [3.63, 3.8) is 0 Å². The number of imidazole rings is 1. The maximum Gasteiger partial charge on any atom is 0.243 e. The number of rotatable bonds is 7. The van der Waals surface area contributed by atoms with Gasteiger partial charge in [0.1, 0.15) is 5.82 Å². The number of nitrogens with zero attached hydrogens (tertiary/aromatic N) is 2. The first-order valence-corrected chi connectivity index (χ1v) is 8.16. The van der Waals surface area contributed by atoms with Crippen molar-refractivity contribution >= 4 is 16.9 Å². The lowest BCUT2D eigenvalue weighted by molar-refractivity contribution is -0.116. The smallest absolute Gasteiger partial charge is 0.243 e. The van der Waals surface area contributed by atoms with Crippen molar-refractivity contribution in [2.24, 2.45) is 0 Å². The van der Waals surface area contributed by atoms with E-state index in [1.54, 1.807) is 0 Å². The number of fused-ring (bicyclic) bond motifs is 1. The van der Waals surface area contributed by atoms with Crippen molar-refractivity contribution in [1.82, 2.24) is 14.9 Å². The number of aryl methyl sites for hydroxylation is 2. The fourth-order valence-electron chi connectivity index (χ4n) is 2.83. The van der Waals surface area contributed by atoms with Crippen LogP contribution in [0, 0.1) is 0 Å². The molecule has 4 heteroatoms. The van der Waals surface area contributed by atoms with Crippen LogP contribution in [0.2, 0.25) is 0 Å². The minimum atomic E-state index is -0.183. The first-order valence-electron chi connectivity index (χ1n) is 8.16. The van der Waals surface area contributed by atoms with E-state index in [-0.39, 0.29) is 5.91 Å². The number of amides is 1. The Hall–Kier alpha value is -2.88. The molecule has 0 aliphatic carbocycles. The Bertz CT molecular complexity index is 836. The van der Waals surface area contributed by atoms with Crippen LogP contribution in [0.15, 0.2) is 67.3 Å². The minimum Gasteiger partial charge on any atom is -0.345 e. The average molecular weight is 319 g/mol. The molecule has 3 aromatic rings. The van der Waals surface area contributed by atoms with Gasteiger partial charge in [0, 0.05) is 6.54 Å². The van der Waals surface area contributed by atoms with Gasteiger partial charge in [-0.2, -0.15) is 0 Å². The Labute approximate surface area is 141 Å². The molecule has 2 aromatic carbocycles. The van der Waals surface area contributed by atoms with E-state index in [4.69, 9.17) is 0 Å². The molecule has 0 aliphatic rings. The number of aromatic nitrogens is 2. The number of benzene rings is 2. The standard InChI is InChI=1S/C20H21N3O/c1-2-20(24)21-15-19-22-17-12-6-7-13-18(17)23(19)14-8-11-16-9-4-3-5-10-16/h2-7,9-10,12-13H,1,8,11,14-15H2,(H,21,24). The molecule has 1 N–H and O–H groups in total. The van der Waals surface area contributed by atoms with Gasteiger partial charge in [-0.15, -0.1) is 0 Å². The molecule has 3 rings (SSSR count). The molecule has 0 atom stereocenters. The summed E-state index contributed by atoms with van der Waals surface area (Å²) in [4.78, 5) is 16.1. The molecule has 0 saturated heterocycles. The van der Waals surface area contributed by atoms with Gasteiger partial charge in [0.25, 0.3) is 0 Å². The lowest BCUT2D eigenvalue weighted by atomic mass is 10.1. The highest BCUT2D eigenvalue weighted by molar-refractivity contribution is 5.86. The summed E-state index contributed by atoms with van der Waals surface area (Å²) in [5, 5.41) is 2.82. The van der Waals surface area contributed by atoms with Gasteiger partial charge < -0.3 is 9.88 Å². The lowest BCUT2D eigenvalue weighted by Crippen LogP contribution is -2.22. The van der Waals surface area contributed by atoms with Crippen LogP contribution in [0.5, 0.6) is 0 Å². The van der Waals surface area contributed by atoms with Crippen LogP contribution < -0.4 is 5.32 Å². The Balaban J connectivity index is 1.76. The largest absolute Gasteiger partial charge is 0.345 e. The van der Waals surface area contributed by atoms with E-state index >= 15 is 0 Å². The maximum absolute atomic E-state index is 11.4. The van der Waals surface area contributed by atoms with Crippen molar-refractivity contribution < 1.29 is 4.79 Å². The summed E-state index contributed by atoms with van der Waals surface area (Å²) in [5.41, 5.74) is 3.40. The average Bonchev–Trinajstić information content (AvgIpc) is 2.98. The fourth-order valence-corrected chi connectivity index (χ4v) is 2.83. The molecule has 1 aromatic heterocycles. The third-order valence-corrected chi connectivity index (χ3v) is 4.03. The van der Waals surface area contributed by atoms with Crippen molar-refractivity contribution in [2.75, 3.05) is 0 Å². The second-order valence-electron chi connectivity index (χ2n) is 5.68. The Morgan fingerprint density at radius 3 is 2.67 bits per heavy atom. The summed E-state index contributed by atoms with van der Waals surface area (Å²) >= 11 is 0. The van der Waals surface area contributed by atoms with Crippen LogP contribution >= 0.6 is 0 Å². The van der Waals surface area contributed by atoms with Crippen LogP contribution in [-0.2, 0) is 24.3 Å². The highest BCUT2D eigenvalue weighted by Gasteiger charge is 2.10. The molecular weight excluding hydrogens is 298 g/mol. The number of para-hydroxylation sites is 2. The maximum atomic E-state index is 11.4. The monoisotopic (exact) mass is 319 g/mol. The van der Waals surface area contributed by atoms with Crippen molar-refractivity contribution in [1.29, 1.82) is 0 Å². The van der Waals surface area contributed by atoms with Gasteiger partial charge in [0.2, 0.25) is 5.91 Å². The van der Waals surface area contributed by atoms with Crippen LogP contribution in [0.4, 0.5) is 0 Å². The third-order valence-electron chi connectivity index (χ3n) is 4.03. The number of carbonyl (C=O) groups excluding carboxylic acids is 1. The van der Waals surface area contributed by atoms with Gasteiger partial charge in [-0.1, -0.05) is 49.0 Å². The summed E-state index contributed by atoms with van der Waals surface area (Å²) in [5.74, 6) is 0.692. The first-order chi connectivity index (χ1) is 11.8. The molecule has 0 radical (unpaired) electrons. The van der Waals surface area contributed by atoms with Gasteiger partial charge in [0.05, 0.1) is 17.6 Å². The minimum absolute atomic E-state index is 0.183. The molecule has 24 heavy (non-hydrogen) atoms. The summed E-state index contributed by atoms with van der Waals surface area (Å²) in [6.45, 7) is 4.76. The van der Waals surface area contributed by atoms with E-state index in [2.05, 4.69) is 51.8 Å². The van der Waals surface area contributed by atoms with Crippen molar-refractivity contribution in [3.05, 3.63) is 78.6 Å². The topological polar surface area (TPSA) is 46.9 Å². The fraction of sp³-hybridized carbons (Fsp3) is 0.200. The van der Waals surface area contributed by atoms with E-state index in [0.29, 0.717) is 6.54 Å². The van der Waals surface area contributed by atoms with Gasteiger partial charge in [-0.05, 0) is 36.6 Å². The third kappa shape index (κ3) is 3.71. The van der Waals surface area contributed by atoms with Crippen LogP contribution in [0.3, 0.4) is 0 Å². The SMILES string of the molecule is C=CC(=O)NCc1nc2ccccc2n1CCCc1ccccc1. The number of hydrogen-bond acceptors (Lipinski definition) is 2. The quantitative estimate of drug-likeness (QED) is 0.678. The molecule has 1 heterocycles. The highest BCUT2D eigenvalue weighted by Crippen LogP contribution is 2.17. The second kappa shape index (κ2) is 7.59. The molecule has 0 spiro atoms. The number of hydrogen-bond donors (Lipinski definition) is 1. The molecule has 4 nitrogen and oxygen atoms in total. The molecule has 0 bridgehead atoms. The predicted molar refractivity (Wildman–Crippen MR) is 96.5 cm³/mol. The molecule has 0 unspecified atom stereocenters. The van der Waals surface area contributed by atoms with Crippen molar-refractivity contribution in [2.45, 2.75) is 25.9 Å². The van der Waals surface area contributed by atoms with E-state index < -0.39 is 0 Å². The normalized spacial score (nSPS) is 10.7. The second-order valence-corrected chi connectivity index (χ2v) is 5.68. The molecule has 0 saturated carbocycles. The zero-order chi connectivity index (χ0) is 16.8. The van der Waals surface area contributed by atoms with Crippen LogP contribution in [0.1, 0.15) is 17.8 Å². The van der Waals surface area contributed by atoms with Gasteiger partial charge in [-0.3, -0.25) is 4.79 Å². The molecule has 1 amide bonds. The van der Waals surface area contributed by atoms with E-state index in [0.717, 1.165) is 36.2 Å². The number of carbonyl (C=O) groups is 1. The van der Waals surface area contributed by atoms with Crippen LogP contribution in [0.25, 0.3) is 11.0 Å². The van der Waals surface area contributed by atoms with Gasteiger partial charge in [0.15, 0.2) is 0 Å². The Morgan fingerprint density at radius 1 is 1.12 bits per heavy atom. The van der Waals surface area contributed by atoms with Crippen molar-refractivity contribution in [3.8, 4) is 0 Å². The van der Waals surface area contributed by atoms with Gasteiger partial charge in [-0.25, -0.2) is 4.98 Å². The summed E-state index contributed by atoms with van der Waals surface area (Å²) in [7, 11) is 0. The van der Waals surface area contributed by atoms with Crippen LogP contribution in [-0.4, -0.2) is 15.5 Å². The number of nitrogens with one attached hydrogen (secondary N) is 1. The van der Waals surface area contributed by atoms with E-state index in [1.807, 2.05) is 24.3 Å². The Morgan fingerprint density at radius 2 is 1.88 bits per heavy atom. The molecule has 122 valence electrons. The first kappa shape index (κ1) is 16.0. The Kier molecular flexibility index (Phi) is 5.06. The molecular formula is C20H21N3O. The van der Waals surface area contributed by atoms with E-state index in [1.165, 1.54) is 11.6 Å². The lowest BCUT2D eigenvalue weighted by Gasteiger charge is -2.10. The summed E-state index contributed by atoms with van der Waals surface area (Å²) in [6.07, 6.45) is 3.32. The zero-order valence-electron chi connectivity index (χ0n) is 13.6. The van der Waals surface area contributed by atoms with Gasteiger partial charge >= 0.3 is 0 Å². The summed E-state index contributed by atoms with van der Waals surface area (Å²) in [6, 6.07) is 18.5. The molecule has 0 aliphatic heterocycles.